The average molecular weight is 268 g/mol. The molecule has 2 rings (SSSR count). The summed E-state index contributed by atoms with van der Waals surface area (Å²) in [4.78, 5) is 24.8. The van der Waals surface area contributed by atoms with Crippen LogP contribution in [0.15, 0.2) is 0 Å². The van der Waals surface area contributed by atoms with Gasteiger partial charge in [0, 0.05) is 6.04 Å². The number of rotatable bonds is 4. The van der Waals surface area contributed by atoms with E-state index in [0.29, 0.717) is 12.5 Å². The molecule has 0 radical (unpaired) electrons. The Morgan fingerprint density at radius 1 is 1.05 bits per heavy atom. The van der Waals surface area contributed by atoms with Crippen molar-refractivity contribution in [2.75, 3.05) is 13.1 Å². The molecule has 1 amide bonds. The fourth-order valence-electron chi connectivity index (χ4n) is 3.18. The third kappa shape index (κ3) is 4.20. The number of aliphatic carboxylic acids is 1. The Hall–Kier alpha value is -1.10. The lowest BCUT2D eigenvalue weighted by Gasteiger charge is -2.22. The van der Waals surface area contributed by atoms with Crippen molar-refractivity contribution in [1.29, 1.82) is 0 Å². The lowest BCUT2D eigenvalue weighted by Crippen LogP contribution is -2.45. The summed E-state index contributed by atoms with van der Waals surface area (Å²) >= 11 is 0. The van der Waals surface area contributed by atoms with Crippen LogP contribution in [-0.4, -0.2) is 47.1 Å². The van der Waals surface area contributed by atoms with E-state index in [2.05, 4.69) is 5.32 Å². The standard InChI is InChI=1S/C14H24N2O3/c17-13(15-11-6-3-1-2-4-7-11)10-16-9-5-8-12(16)14(18)19/h11-12H,1-10H2,(H,15,17)(H,18,19)/t12-/m1/s1. The van der Waals surface area contributed by atoms with E-state index in [1.807, 2.05) is 0 Å². The molecule has 1 aliphatic heterocycles. The second-order valence-corrected chi connectivity index (χ2v) is 5.72. The quantitative estimate of drug-likeness (QED) is 0.756. The summed E-state index contributed by atoms with van der Waals surface area (Å²) in [6.45, 7) is 0.947. The smallest absolute Gasteiger partial charge is 0.320 e. The van der Waals surface area contributed by atoms with Gasteiger partial charge in [-0.3, -0.25) is 14.5 Å². The topological polar surface area (TPSA) is 69.6 Å². The maximum atomic E-state index is 12.0. The number of carbonyl (C=O) groups excluding carboxylic acids is 1. The van der Waals surface area contributed by atoms with Crippen molar-refractivity contribution in [3.63, 3.8) is 0 Å². The van der Waals surface area contributed by atoms with Crippen LogP contribution in [0.2, 0.25) is 0 Å². The van der Waals surface area contributed by atoms with Gasteiger partial charge in [-0.15, -0.1) is 0 Å². The van der Waals surface area contributed by atoms with Gasteiger partial charge in [0.2, 0.25) is 5.91 Å². The summed E-state index contributed by atoms with van der Waals surface area (Å²) in [5.74, 6) is -0.820. The van der Waals surface area contributed by atoms with Gasteiger partial charge in [0.1, 0.15) is 6.04 Å². The molecular formula is C14H24N2O3. The van der Waals surface area contributed by atoms with Crippen molar-refractivity contribution in [3.8, 4) is 0 Å². The highest BCUT2D eigenvalue weighted by Crippen LogP contribution is 2.18. The number of carboxylic acid groups (broad SMARTS) is 1. The van der Waals surface area contributed by atoms with Gasteiger partial charge in [-0.25, -0.2) is 0 Å². The molecule has 2 fully saturated rings. The first-order chi connectivity index (χ1) is 9.16. The highest BCUT2D eigenvalue weighted by Gasteiger charge is 2.31. The Bertz CT molecular complexity index is 325. The summed E-state index contributed by atoms with van der Waals surface area (Å²) in [7, 11) is 0. The molecule has 1 saturated carbocycles. The molecule has 1 heterocycles. The molecule has 5 heteroatoms. The van der Waals surface area contributed by atoms with E-state index in [9.17, 15) is 9.59 Å². The Kier molecular flexibility index (Phi) is 5.19. The number of hydrogen-bond acceptors (Lipinski definition) is 3. The van der Waals surface area contributed by atoms with Gasteiger partial charge in [-0.05, 0) is 32.2 Å². The average Bonchev–Trinajstić information content (AvgIpc) is 2.66. The predicted octanol–water partition coefficient (Wildman–Crippen LogP) is 1.37. The van der Waals surface area contributed by atoms with Crippen molar-refractivity contribution >= 4 is 11.9 Å². The summed E-state index contributed by atoms with van der Waals surface area (Å²) in [5, 5.41) is 12.2. The number of carboxylic acids is 1. The van der Waals surface area contributed by atoms with Gasteiger partial charge < -0.3 is 10.4 Å². The molecule has 0 aromatic rings. The molecule has 5 nitrogen and oxygen atoms in total. The third-order valence-electron chi connectivity index (χ3n) is 4.22. The van der Waals surface area contributed by atoms with E-state index in [-0.39, 0.29) is 12.5 Å². The first-order valence-electron chi connectivity index (χ1n) is 7.43. The van der Waals surface area contributed by atoms with Gasteiger partial charge in [0.05, 0.1) is 6.54 Å². The highest BCUT2D eigenvalue weighted by atomic mass is 16.4. The van der Waals surface area contributed by atoms with Gasteiger partial charge >= 0.3 is 5.97 Å². The van der Waals surface area contributed by atoms with Crippen molar-refractivity contribution in [2.24, 2.45) is 0 Å². The monoisotopic (exact) mass is 268 g/mol. The SMILES string of the molecule is O=C(CN1CCC[C@@H]1C(=O)O)NC1CCCCCC1. The van der Waals surface area contributed by atoms with Crippen LogP contribution in [0, 0.1) is 0 Å². The zero-order chi connectivity index (χ0) is 13.7. The molecule has 19 heavy (non-hydrogen) atoms. The van der Waals surface area contributed by atoms with Crippen LogP contribution in [0.4, 0.5) is 0 Å². The first-order valence-corrected chi connectivity index (χ1v) is 7.43. The maximum Gasteiger partial charge on any atom is 0.320 e. The molecule has 0 aromatic carbocycles. The number of hydrogen-bond donors (Lipinski definition) is 2. The minimum absolute atomic E-state index is 0.0138. The second-order valence-electron chi connectivity index (χ2n) is 5.72. The summed E-state index contributed by atoms with van der Waals surface area (Å²) < 4.78 is 0. The van der Waals surface area contributed by atoms with Gasteiger partial charge in [0.15, 0.2) is 0 Å². The van der Waals surface area contributed by atoms with E-state index < -0.39 is 12.0 Å². The maximum absolute atomic E-state index is 12.0. The zero-order valence-electron chi connectivity index (χ0n) is 11.4. The summed E-state index contributed by atoms with van der Waals surface area (Å²) in [6, 6.07) is -0.180. The van der Waals surface area contributed by atoms with Crippen LogP contribution in [0.3, 0.4) is 0 Å². The molecule has 1 atom stereocenters. The predicted molar refractivity (Wildman–Crippen MR) is 71.9 cm³/mol. The molecular weight excluding hydrogens is 244 g/mol. The number of nitrogens with one attached hydrogen (secondary N) is 1. The van der Waals surface area contributed by atoms with E-state index in [4.69, 9.17) is 5.11 Å². The lowest BCUT2D eigenvalue weighted by molar-refractivity contribution is -0.142. The zero-order valence-corrected chi connectivity index (χ0v) is 11.4. The second kappa shape index (κ2) is 6.89. The minimum Gasteiger partial charge on any atom is -0.480 e. The van der Waals surface area contributed by atoms with E-state index in [0.717, 1.165) is 25.8 Å². The van der Waals surface area contributed by atoms with Crippen LogP contribution < -0.4 is 5.32 Å². The van der Waals surface area contributed by atoms with Crippen LogP contribution >= 0.6 is 0 Å². The number of likely N-dealkylation sites (tertiary alicyclic amines) is 1. The molecule has 0 spiro atoms. The number of carbonyl (C=O) groups is 2. The van der Waals surface area contributed by atoms with E-state index >= 15 is 0 Å². The molecule has 2 aliphatic rings. The van der Waals surface area contributed by atoms with Gasteiger partial charge in [-0.1, -0.05) is 25.7 Å². The fourth-order valence-corrected chi connectivity index (χ4v) is 3.18. The Labute approximate surface area is 114 Å². The van der Waals surface area contributed by atoms with Crippen LogP contribution in [-0.2, 0) is 9.59 Å². The molecule has 108 valence electrons. The normalized spacial score (nSPS) is 26.0. The van der Waals surface area contributed by atoms with E-state index in [1.54, 1.807) is 4.90 Å². The lowest BCUT2D eigenvalue weighted by atomic mass is 10.1. The molecule has 2 N–H and O–H groups in total. The highest BCUT2D eigenvalue weighted by molar-refractivity contribution is 5.80. The number of nitrogens with zero attached hydrogens (tertiary/aromatic N) is 1. The van der Waals surface area contributed by atoms with Crippen molar-refractivity contribution < 1.29 is 14.7 Å². The number of amides is 1. The third-order valence-corrected chi connectivity index (χ3v) is 4.22. The summed E-state index contributed by atoms with van der Waals surface area (Å²) in [5.41, 5.74) is 0. The molecule has 0 aromatic heterocycles. The fraction of sp³-hybridized carbons (Fsp3) is 0.857. The first kappa shape index (κ1) is 14.3. The summed E-state index contributed by atoms with van der Waals surface area (Å²) in [6.07, 6.45) is 8.56. The van der Waals surface area contributed by atoms with Crippen molar-refractivity contribution in [1.82, 2.24) is 10.2 Å². The van der Waals surface area contributed by atoms with Crippen molar-refractivity contribution in [3.05, 3.63) is 0 Å². The largest absolute Gasteiger partial charge is 0.480 e. The van der Waals surface area contributed by atoms with Gasteiger partial charge in [0.25, 0.3) is 0 Å². The van der Waals surface area contributed by atoms with Crippen molar-refractivity contribution in [2.45, 2.75) is 63.5 Å². The molecule has 1 aliphatic carbocycles. The minimum atomic E-state index is -0.806. The molecule has 1 saturated heterocycles. The van der Waals surface area contributed by atoms with E-state index in [1.165, 1.54) is 25.7 Å². The van der Waals surface area contributed by atoms with Crippen LogP contribution in [0.1, 0.15) is 51.4 Å². The molecule has 0 unspecified atom stereocenters. The van der Waals surface area contributed by atoms with Crippen LogP contribution in [0.25, 0.3) is 0 Å². The molecule has 0 bridgehead atoms. The van der Waals surface area contributed by atoms with Gasteiger partial charge in [-0.2, -0.15) is 0 Å². The Morgan fingerprint density at radius 2 is 1.74 bits per heavy atom. The Morgan fingerprint density at radius 3 is 2.37 bits per heavy atom. The van der Waals surface area contributed by atoms with Crippen LogP contribution in [0.5, 0.6) is 0 Å². The Balaban J connectivity index is 1.78.